The topological polar surface area (TPSA) is 88.3 Å². The lowest BCUT2D eigenvalue weighted by Crippen LogP contribution is -2.42. The van der Waals surface area contributed by atoms with E-state index >= 15 is 0 Å². The largest absolute Gasteiger partial charge is 0.369 e. The number of nitrogens with zero attached hydrogens (tertiary/aromatic N) is 2. The number of hydrogen-bond donors (Lipinski definition) is 2. The van der Waals surface area contributed by atoms with Gasteiger partial charge in [0.2, 0.25) is 11.8 Å². The van der Waals surface area contributed by atoms with Crippen molar-refractivity contribution in [1.82, 2.24) is 10.3 Å². The number of pyridine rings is 1. The zero-order valence-electron chi connectivity index (χ0n) is 11.9. The molecule has 0 saturated carbocycles. The van der Waals surface area contributed by atoms with Crippen molar-refractivity contribution in [2.75, 3.05) is 18.0 Å². The van der Waals surface area contributed by atoms with Crippen LogP contribution in [-0.4, -0.2) is 29.9 Å². The molecule has 21 heavy (non-hydrogen) atoms. The van der Waals surface area contributed by atoms with Gasteiger partial charge in [-0.15, -0.1) is 0 Å². The average Bonchev–Trinajstić information content (AvgIpc) is 2.53. The van der Waals surface area contributed by atoms with Gasteiger partial charge in [-0.25, -0.2) is 4.98 Å². The summed E-state index contributed by atoms with van der Waals surface area (Å²) in [4.78, 5) is 29.1. The van der Waals surface area contributed by atoms with Gasteiger partial charge < -0.3 is 16.0 Å². The van der Waals surface area contributed by atoms with Crippen LogP contribution in [0.4, 0.5) is 5.82 Å². The highest BCUT2D eigenvalue weighted by Crippen LogP contribution is 2.24. The van der Waals surface area contributed by atoms with Gasteiger partial charge in [0, 0.05) is 31.4 Å². The maximum Gasteiger partial charge on any atom is 0.243 e. The first-order valence-corrected chi connectivity index (χ1v) is 7.00. The predicted molar refractivity (Wildman–Crippen MR) is 80.4 cm³/mol. The molecule has 0 spiro atoms. The van der Waals surface area contributed by atoms with Gasteiger partial charge in [-0.3, -0.25) is 9.59 Å². The van der Waals surface area contributed by atoms with Crippen molar-refractivity contribution in [2.45, 2.75) is 19.4 Å². The maximum absolute atomic E-state index is 11.4. The van der Waals surface area contributed by atoms with Gasteiger partial charge in [-0.1, -0.05) is 12.6 Å². The molecule has 1 aliphatic heterocycles. The fourth-order valence-electron chi connectivity index (χ4n) is 2.51. The summed E-state index contributed by atoms with van der Waals surface area (Å²) in [6.07, 6.45) is 4.67. The van der Waals surface area contributed by atoms with E-state index in [-0.39, 0.29) is 17.7 Å². The summed E-state index contributed by atoms with van der Waals surface area (Å²) in [5.41, 5.74) is 6.32. The Morgan fingerprint density at radius 1 is 1.57 bits per heavy atom. The molecule has 2 amide bonds. The van der Waals surface area contributed by atoms with Crippen molar-refractivity contribution >= 4 is 17.6 Å². The number of piperidine rings is 1. The Kier molecular flexibility index (Phi) is 4.92. The summed E-state index contributed by atoms with van der Waals surface area (Å²) < 4.78 is 0. The van der Waals surface area contributed by atoms with E-state index in [0.717, 1.165) is 30.8 Å². The summed E-state index contributed by atoms with van der Waals surface area (Å²) in [5, 5.41) is 2.75. The third kappa shape index (κ3) is 3.81. The molecule has 1 aliphatic rings. The van der Waals surface area contributed by atoms with Gasteiger partial charge in [0.25, 0.3) is 0 Å². The number of nitrogens with two attached hydrogens (primary N) is 1. The standard InChI is InChI=1S/C15H20N4O2/c1-2-13(20)18-9-11-5-3-7-17-15(11)19-8-4-6-12(10-19)14(16)21/h2-3,5,7,12H,1,4,6,8-10H2,(H2,16,21)(H,18,20). The second-order valence-electron chi connectivity index (χ2n) is 5.10. The Morgan fingerprint density at radius 3 is 3.10 bits per heavy atom. The average molecular weight is 288 g/mol. The summed E-state index contributed by atoms with van der Waals surface area (Å²) in [6.45, 7) is 5.22. The zero-order chi connectivity index (χ0) is 15.2. The summed E-state index contributed by atoms with van der Waals surface area (Å²) in [5.74, 6) is 0.166. The van der Waals surface area contributed by atoms with Crippen LogP contribution in [0.5, 0.6) is 0 Å². The maximum atomic E-state index is 11.4. The molecular weight excluding hydrogens is 268 g/mol. The number of anilines is 1. The third-order valence-electron chi connectivity index (χ3n) is 3.63. The molecule has 3 N–H and O–H groups in total. The number of primary amides is 1. The highest BCUT2D eigenvalue weighted by molar-refractivity contribution is 5.86. The number of amides is 2. The molecule has 1 fully saturated rings. The molecule has 2 heterocycles. The van der Waals surface area contributed by atoms with Crippen molar-refractivity contribution in [3.63, 3.8) is 0 Å². The molecule has 1 atom stereocenters. The number of aromatic nitrogens is 1. The van der Waals surface area contributed by atoms with Crippen LogP contribution in [0.15, 0.2) is 31.0 Å². The van der Waals surface area contributed by atoms with Crippen LogP contribution >= 0.6 is 0 Å². The van der Waals surface area contributed by atoms with E-state index in [1.807, 2.05) is 12.1 Å². The molecule has 1 aromatic heterocycles. The lowest BCUT2D eigenvalue weighted by atomic mass is 9.97. The molecule has 0 bridgehead atoms. The van der Waals surface area contributed by atoms with Crippen LogP contribution in [0.3, 0.4) is 0 Å². The fraction of sp³-hybridized carbons (Fsp3) is 0.400. The summed E-state index contributed by atoms with van der Waals surface area (Å²) >= 11 is 0. The van der Waals surface area contributed by atoms with Crippen molar-refractivity contribution in [2.24, 2.45) is 11.7 Å². The van der Waals surface area contributed by atoms with E-state index in [1.54, 1.807) is 6.20 Å². The quantitative estimate of drug-likeness (QED) is 0.776. The summed E-state index contributed by atoms with van der Waals surface area (Å²) in [6, 6.07) is 3.74. The van der Waals surface area contributed by atoms with Crippen LogP contribution in [0, 0.1) is 5.92 Å². The first kappa shape index (κ1) is 15.0. The van der Waals surface area contributed by atoms with Crippen molar-refractivity contribution in [3.05, 3.63) is 36.5 Å². The van der Waals surface area contributed by atoms with Gasteiger partial charge in [0.05, 0.1) is 5.92 Å². The van der Waals surface area contributed by atoms with E-state index in [4.69, 9.17) is 5.73 Å². The Bertz CT molecular complexity index is 544. The number of hydrogen-bond acceptors (Lipinski definition) is 4. The van der Waals surface area contributed by atoms with Gasteiger partial charge >= 0.3 is 0 Å². The van der Waals surface area contributed by atoms with Crippen molar-refractivity contribution in [3.8, 4) is 0 Å². The van der Waals surface area contributed by atoms with Gasteiger partial charge in [0.1, 0.15) is 5.82 Å². The van der Waals surface area contributed by atoms with Gasteiger partial charge in [-0.2, -0.15) is 0 Å². The number of rotatable bonds is 5. The first-order chi connectivity index (χ1) is 10.1. The second-order valence-corrected chi connectivity index (χ2v) is 5.10. The van der Waals surface area contributed by atoms with E-state index < -0.39 is 0 Å². The minimum atomic E-state index is -0.267. The predicted octanol–water partition coefficient (Wildman–Crippen LogP) is 0.585. The second kappa shape index (κ2) is 6.88. The molecule has 2 rings (SSSR count). The SMILES string of the molecule is C=CC(=O)NCc1cccnc1N1CCCC(C(N)=O)C1. The molecule has 112 valence electrons. The van der Waals surface area contributed by atoms with Crippen LogP contribution in [0.1, 0.15) is 18.4 Å². The lowest BCUT2D eigenvalue weighted by molar-refractivity contribution is -0.122. The number of carbonyl (C=O) groups is 2. The Morgan fingerprint density at radius 2 is 2.38 bits per heavy atom. The fourth-order valence-corrected chi connectivity index (χ4v) is 2.51. The van der Waals surface area contributed by atoms with Crippen LogP contribution < -0.4 is 16.0 Å². The minimum absolute atomic E-state index is 0.142. The van der Waals surface area contributed by atoms with Gasteiger partial charge in [0.15, 0.2) is 0 Å². The summed E-state index contributed by atoms with van der Waals surface area (Å²) in [7, 11) is 0. The molecular formula is C15H20N4O2. The molecule has 1 unspecified atom stereocenters. The number of carbonyl (C=O) groups excluding carboxylic acids is 2. The molecule has 0 aromatic carbocycles. The Balaban J connectivity index is 2.13. The van der Waals surface area contributed by atoms with Crippen molar-refractivity contribution < 1.29 is 9.59 Å². The lowest BCUT2D eigenvalue weighted by Gasteiger charge is -2.33. The molecule has 6 heteroatoms. The normalized spacial score (nSPS) is 18.1. The highest BCUT2D eigenvalue weighted by Gasteiger charge is 2.25. The first-order valence-electron chi connectivity index (χ1n) is 7.00. The molecule has 0 aliphatic carbocycles. The monoisotopic (exact) mass is 288 g/mol. The van der Waals surface area contributed by atoms with E-state index in [1.165, 1.54) is 6.08 Å². The Labute approximate surface area is 124 Å². The molecule has 6 nitrogen and oxygen atoms in total. The minimum Gasteiger partial charge on any atom is -0.369 e. The Hall–Kier alpha value is -2.37. The van der Waals surface area contributed by atoms with Crippen LogP contribution in [0.25, 0.3) is 0 Å². The smallest absolute Gasteiger partial charge is 0.243 e. The van der Waals surface area contributed by atoms with Crippen molar-refractivity contribution in [1.29, 1.82) is 0 Å². The van der Waals surface area contributed by atoms with E-state index in [9.17, 15) is 9.59 Å². The van der Waals surface area contributed by atoms with E-state index in [2.05, 4.69) is 21.8 Å². The number of nitrogens with one attached hydrogen (secondary N) is 1. The third-order valence-corrected chi connectivity index (χ3v) is 3.63. The van der Waals surface area contributed by atoms with E-state index in [0.29, 0.717) is 13.1 Å². The highest BCUT2D eigenvalue weighted by atomic mass is 16.1. The van der Waals surface area contributed by atoms with Gasteiger partial charge in [-0.05, 0) is 25.0 Å². The van der Waals surface area contributed by atoms with Crippen LogP contribution in [0.2, 0.25) is 0 Å². The van der Waals surface area contributed by atoms with Crippen LogP contribution in [-0.2, 0) is 16.1 Å². The molecule has 1 saturated heterocycles. The zero-order valence-corrected chi connectivity index (χ0v) is 11.9. The molecule has 0 radical (unpaired) electrons. The molecule has 1 aromatic rings.